The van der Waals surface area contributed by atoms with E-state index in [4.69, 9.17) is 4.74 Å². The number of ether oxygens (including phenoxy) is 1. The predicted molar refractivity (Wildman–Crippen MR) is 61.9 cm³/mol. The maximum Gasteiger partial charge on any atom is 0.133 e. The number of ketones is 1. The van der Waals surface area contributed by atoms with Crippen molar-refractivity contribution in [2.24, 2.45) is 5.92 Å². The van der Waals surface area contributed by atoms with Crippen molar-refractivity contribution >= 4 is 5.78 Å². The second-order valence-electron chi connectivity index (χ2n) is 4.61. The van der Waals surface area contributed by atoms with Crippen LogP contribution in [-0.4, -0.2) is 18.5 Å². The minimum atomic E-state index is 0.448. The summed E-state index contributed by atoms with van der Waals surface area (Å²) >= 11 is 0. The summed E-state index contributed by atoms with van der Waals surface area (Å²) in [4.78, 5) is 11.5. The second kappa shape index (κ2) is 7.00. The van der Waals surface area contributed by atoms with Crippen molar-refractivity contribution in [1.29, 1.82) is 0 Å². The zero-order chi connectivity index (χ0) is 11.1. The SMILES string of the molecule is CCCCCC(=O)CC1CC(OCC)C1. The van der Waals surface area contributed by atoms with Gasteiger partial charge in [-0.2, -0.15) is 0 Å². The summed E-state index contributed by atoms with van der Waals surface area (Å²) in [5, 5.41) is 0. The molecule has 0 radical (unpaired) electrons. The van der Waals surface area contributed by atoms with Crippen molar-refractivity contribution in [1.82, 2.24) is 0 Å². The molecule has 0 atom stereocenters. The van der Waals surface area contributed by atoms with Gasteiger partial charge in [-0.05, 0) is 32.1 Å². The number of carbonyl (C=O) groups is 1. The van der Waals surface area contributed by atoms with Crippen molar-refractivity contribution < 1.29 is 9.53 Å². The van der Waals surface area contributed by atoms with Crippen molar-refractivity contribution in [2.75, 3.05) is 6.61 Å². The smallest absolute Gasteiger partial charge is 0.133 e. The molecule has 0 aliphatic heterocycles. The Morgan fingerprint density at radius 1 is 1.27 bits per heavy atom. The first-order valence-electron chi connectivity index (χ1n) is 6.39. The Balaban J connectivity index is 1.98. The molecule has 0 saturated heterocycles. The number of Topliss-reactive ketones (excluding diaryl/α,β-unsaturated/α-hetero) is 1. The highest BCUT2D eigenvalue weighted by Crippen LogP contribution is 2.33. The average molecular weight is 212 g/mol. The van der Waals surface area contributed by atoms with Crippen LogP contribution in [0.3, 0.4) is 0 Å². The van der Waals surface area contributed by atoms with Crippen LogP contribution in [0.15, 0.2) is 0 Å². The van der Waals surface area contributed by atoms with E-state index in [1.165, 1.54) is 12.8 Å². The number of carbonyl (C=O) groups excluding carboxylic acids is 1. The van der Waals surface area contributed by atoms with Gasteiger partial charge in [-0.25, -0.2) is 0 Å². The molecule has 0 aromatic rings. The van der Waals surface area contributed by atoms with Gasteiger partial charge in [0.25, 0.3) is 0 Å². The second-order valence-corrected chi connectivity index (χ2v) is 4.61. The highest BCUT2D eigenvalue weighted by molar-refractivity contribution is 5.78. The highest BCUT2D eigenvalue weighted by Gasteiger charge is 2.30. The van der Waals surface area contributed by atoms with Gasteiger partial charge < -0.3 is 4.74 Å². The van der Waals surface area contributed by atoms with Crippen LogP contribution in [0.4, 0.5) is 0 Å². The fraction of sp³-hybridized carbons (Fsp3) is 0.923. The van der Waals surface area contributed by atoms with Gasteiger partial charge in [-0.15, -0.1) is 0 Å². The van der Waals surface area contributed by atoms with Crippen LogP contribution in [0.5, 0.6) is 0 Å². The Labute approximate surface area is 93.4 Å². The Morgan fingerprint density at radius 2 is 2.00 bits per heavy atom. The summed E-state index contributed by atoms with van der Waals surface area (Å²) in [5.41, 5.74) is 0. The normalized spacial score (nSPS) is 24.9. The lowest BCUT2D eigenvalue weighted by atomic mass is 9.78. The van der Waals surface area contributed by atoms with Crippen molar-refractivity contribution in [3.63, 3.8) is 0 Å². The van der Waals surface area contributed by atoms with Crippen LogP contribution >= 0.6 is 0 Å². The molecule has 0 bridgehead atoms. The molecule has 15 heavy (non-hydrogen) atoms. The first-order chi connectivity index (χ1) is 7.26. The van der Waals surface area contributed by atoms with Gasteiger partial charge in [-0.1, -0.05) is 19.8 Å². The molecule has 88 valence electrons. The van der Waals surface area contributed by atoms with Crippen LogP contribution in [0, 0.1) is 5.92 Å². The predicted octanol–water partition coefficient (Wildman–Crippen LogP) is 3.34. The molecule has 0 aromatic carbocycles. The molecule has 1 aliphatic rings. The van der Waals surface area contributed by atoms with Gasteiger partial charge in [0.05, 0.1) is 6.10 Å². The summed E-state index contributed by atoms with van der Waals surface area (Å²) in [6.45, 7) is 5.01. The van der Waals surface area contributed by atoms with Gasteiger partial charge in [0, 0.05) is 19.4 Å². The molecular formula is C13H24O2. The lowest BCUT2D eigenvalue weighted by molar-refractivity contribution is -0.122. The third-order valence-corrected chi connectivity index (χ3v) is 3.17. The van der Waals surface area contributed by atoms with Crippen LogP contribution in [-0.2, 0) is 9.53 Å². The Morgan fingerprint density at radius 3 is 2.60 bits per heavy atom. The lowest BCUT2D eigenvalue weighted by Gasteiger charge is -2.34. The first-order valence-corrected chi connectivity index (χ1v) is 6.39. The van der Waals surface area contributed by atoms with Crippen LogP contribution in [0.1, 0.15) is 58.8 Å². The van der Waals surface area contributed by atoms with E-state index in [0.717, 1.165) is 38.7 Å². The van der Waals surface area contributed by atoms with E-state index in [2.05, 4.69) is 6.92 Å². The molecule has 0 unspecified atom stereocenters. The minimum Gasteiger partial charge on any atom is -0.378 e. The zero-order valence-electron chi connectivity index (χ0n) is 10.1. The van der Waals surface area contributed by atoms with Gasteiger partial charge >= 0.3 is 0 Å². The fourth-order valence-corrected chi connectivity index (χ4v) is 2.21. The molecular weight excluding hydrogens is 188 g/mol. The molecule has 1 aliphatic carbocycles. The molecule has 2 heteroatoms. The molecule has 0 heterocycles. The third-order valence-electron chi connectivity index (χ3n) is 3.17. The Hall–Kier alpha value is -0.370. The summed E-state index contributed by atoms with van der Waals surface area (Å²) < 4.78 is 5.48. The van der Waals surface area contributed by atoms with Crippen LogP contribution in [0.25, 0.3) is 0 Å². The molecule has 0 N–H and O–H groups in total. The van der Waals surface area contributed by atoms with Gasteiger partial charge in [0.2, 0.25) is 0 Å². The van der Waals surface area contributed by atoms with E-state index in [1.54, 1.807) is 0 Å². The van der Waals surface area contributed by atoms with Gasteiger partial charge in [-0.3, -0.25) is 4.79 Å². The van der Waals surface area contributed by atoms with E-state index in [1.807, 2.05) is 6.92 Å². The molecule has 1 saturated carbocycles. The fourth-order valence-electron chi connectivity index (χ4n) is 2.21. The topological polar surface area (TPSA) is 26.3 Å². The number of hydrogen-bond acceptors (Lipinski definition) is 2. The zero-order valence-corrected chi connectivity index (χ0v) is 10.1. The molecule has 2 nitrogen and oxygen atoms in total. The number of hydrogen-bond donors (Lipinski definition) is 0. The quantitative estimate of drug-likeness (QED) is 0.577. The van der Waals surface area contributed by atoms with Crippen LogP contribution in [0.2, 0.25) is 0 Å². The number of rotatable bonds is 8. The van der Waals surface area contributed by atoms with Crippen molar-refractivity contribution in [3.05, 3.63) is 0 Å². The third kappa shape index (κ3) is 4.78. The summed E-state index contributed by atoms with van der Waals surface area (Å²) in [6.07, 6.45) is 7.72. The maximum atomic E-state index is 11.5. The molecule has 0 amide bonds. The largest absolute Gasteiger partial charge is 0.378 e. The number of unbranched alkanes of at least 4 members (excludes halogenated alkanes) is 2. The van der Waals surface area contributed by atoms with Gasteiger partial charge in [0.1, 0.15) is 5.78 Å². The minimum absolute atomic E-state index is 0.448. The van der Waals surface area contributed by atoms with Crippen molar-refractivity contribution in [2.45, 2.75) is 64.9 Å². The molecule has 0 aromatic heterocycles. The Kier molecular flexibility index (Phi) is 5.92. The highest BCUT2D eigenvalue weighted by atomic mass is 16.5. The molecule has 1 fully saturated rings. The van der Waals surface area contributed by atoms with E-state index in [-0.39, 0.29) is 0 Å². The van der Waals surface area contributed by atoms with Gasteiger partial charge in [0.15, 0.2) is 0 Å². The standard InChI is InChI=1S/C13H24O2/c1-3-5-6-7-12(14)8-11-9-13(10-11)15-4-2/h11,13H,3-10H2,1-2H3. The molecule has 1 rings (SSSR count). The average Bonchev–Trinajstić information content (AvgIpc) is 2.15. The lowest BCUT2D eigenvalue weighted by Crippen LogP contribution is -2.32. The molecule has 0 spiro atoms. The van der Waals surface area contributed by atoms with Crippen LogP contribution < -0.4 is 0 Å². The van der Waals surface area contributed by atoms with E-state index in [9.17, 15) is 4.79 Å². The van der Waals surface area contributed by atoms with E-state index < -0.39 is 0 Å². The summed E-state index contributed by atoms with van der Waals surface area (Å²) in [5.74, 6) is 1.08. The summed E-state index contributed by atoms with van der Waals surface area (Å²) in [7, 11) is 0. The van der Waals surface area contributed by atoms with E-state index in [0.29, 0.717) is 17.8 Å². The summed E-state index contributed by atoms with van der Waals surface area (Å²) in [6, 6.07) is 0. The first kappa shape index (κ1) is 12.7. The monoisotopic (exact) mass is 212 g/mol. The van der Waals surface area contributed by atoms with Crippen molar-refractivity contribution in [3.8, 4) is 0 Å². The maximum absolute atomic E-state index is 11.5. The van der Waals surface area contributed by atoms with E-state index >= 15 is 0 Å². The Bertz CT molecular complexity index is 183.